The smallest absolute Gasteiger partial charge is 0.0483 e. The van der Waals surface area contributed by atoms with E-state index in [4.69, 9.17) is 5.73 Å². The van der Waals surface area contributed by atoms with Gasteiger partial charge < -0.3 is 10.3 Å². The molecule has 2 aromatic rings. The van der Waals surface area contributed by atoms with Gasteiger partial charge in [0.05, 0.1) is 0 Å². The second kappa shape index (κ2) is 4.71. The van der Waals surface area contributed by atoms with Gasteiger partial charge >= 0.3 is 0 Å². The van der Waals surface area contributed by atoms with Crippen molar-refractivity contribution in [3.05, 3.63) is 35.5 Å². The first-order valence-corrected chi connectivity index (χ1v) is 6.04. The summed E-state index contributed by atoms with van der Waals surface area (Å²) in [4.78, 5) is 0. The topological polar surface area (TPSA) is 30.9 Å². The van der Waals surface area contributed by atoms with Crippen LogP contribution in [0.3, 0.4) is 0 Å². The summed E-state index contributed by atoms with van der Waals surface area (Å²) in [7, 11) is 0. The third-order valence-corrected chi connectivity index (χ3v) is 3.15. The van der Waals surface area contributed by atoms with E-state index >= 15 is 0 Å². The van der Waals surface area contributed by atoms with Gasteiger partial charge in [-0.2, -0.15) is 0 Å². The second-order valence-electron chi connectivity index (χ2n) is 4.34. The molecule has 0 aliphatic rings. The third kappa shape index (κ3) is 1.98. The van der Waals surface area contributed by atoms with Gasteiger partial charge in [-0.05, 0) is 56.5 Å². The molecule has 16 heavy (non-hydrogen) atoms. The van der Waals surface area contributed by atoms with Crippen molar-refractivity contribution in [2.24, 2.45) is 5.73 Å². The highest BCUT2D eigenvalue weighted by Gasteiger charge is 2.04. The highest BCUT2D eigenvalue weighted by Crippen LogP contribution is 2.22. The molecule has 0 fully saturated rings. The molecule has 0 saturated carbocycles. The van der Waals surface area contributed by atoms with Gasteiger partial charge in [0.25, 0.3) is 0 Å². The monoisotopic (exact) mass is 216 g/mol. The van der Waals surface area contributed by atoms with Gasteiger partial charge in [0, 0.05) is 23.6 Å². The number of aryl methyl sites for hydroxylation is 3. The van der Waals surface area contributed by atoms with E-state index in [1.54, 1.807) is 0 Å². The molecule has 2 N–H and O–H groups in total. The highest BCUT2D eigenvalue weighted by atomic mass is 14.9. The van der Waals surface area contributed by atoms with Crippen molar-refractivity contribution in [1.29, 1.82) is 0 Å². The average molecular weight is 216 g/mol. The van der Waals surface area contributed by atoms with Crippen LogP contribution in [0.5, 0.6) is 0 Å². The molecule has 0 unspecified atom stereocenters. The van der Waals surface area contributed by atoms with Gasteiger partial charge in [0.15, 0.2) is 0 Å². The summed E-state index contributed by atoms with van der Waals surface area (Å²) in [5, 5.41) is 1.39. The maximum absolute atomic E-state index is 5.54. The molecule has 0 aliphatic carbocycles. The minimum absolute atomic E-state index is 0.771. The Morgan fingerprint density at radius 2 is 2.12 bits per heavy atom. The molecular weight excluding hydrogens is 196 g/mol. The summed E-state index contributed by atoms with van der Waals surface area (Å²) in [6.45, 7) is 6.17. The van der Waals surface area contributed by atoms with Gasteiger partial charge in [-0.1, -0.05) is 6.07 Å². The van der Waals surface area contributed by atoms with E-state index in [0.717, 1.165) is 25.9 Å². The van der Waals surface area contributed by atoms with E-state index < -0.39 is 0 Å². The van der Waals surface area contributed by atoms with Gasteiger partial charge in [-0.25, -0.2) is 0 Å². The first-order valence-electron chi connectivity index (χ1n) is 6.04. The normalized spacial score (nSPS) is 11.2. The van der Waals surface area contributed by atoms with Crippen molar-refractivity contribution >= 4 is 10.9 Å². The van der Waals surface area contributed by atoms with Crippen molar-refractivity contribution in [3.8, 4) is 0 Å². The molecule has 2 heteroatoms. The fourth-order valence-corrected chi connectivity index (χ4v) is 2.25. The molecule has 1 heterocycles. The van der Waals surface area contributed by atoms with Crippen LogP contribution in [0.2, 0.25) is 0 Å². The van der Waals surface area contributed by atoms with Crippen LogP contribution in [0.1, 0.15) is 24.5 Å². The van der Waals surface area contributed by atoms with E-state index in [9.17, 15) is 0 Å². The Kier molecular flexibility index (Phi) is 3.30. The van der Waals surface area contributed by atoms with Gasteiger partial charge in [-0.3, -0.25) is 0 Å². The number of hydrogen-bond acceptors (Lipinski definition) is 1. The Morgan fingerprint density at radius 1 is 1.31 bits per heavy atom. The first-order chi connectivity index (χ1) is 7.76. The standard InChI is InChI=1S/C14H20N2/c1-3-16-10-11(2)13-9-12(5-4-8-15)6-7-14(13)16/h6-7,9-10H,3-5,8,15H2,1-2H3. The predicted octanol–water partition coefficient (Wildman–Crippen LogP) is 2.86. The SMILES string of the molecule is CCn1cc(C)c2cc(CCCN)ccc21. The molecule has 2 nitrogen and oxygen atoms in total. The molecule has 1 aromatic carbocycles. The zero-order chi connectivity index (χ0) is 11.5. The summed E-state index contributed by atoms with van der Waals surface area (Å²) in [6, 6.07) is 6.77. The minimum atomic E-state index is 0.771. The fourth-order valence-electron chi connectivity index (χ4n) is 2.25. The molecule has 2 rings (SSSR count). The minimum Gasteiger partial charge on any atom is -0.347 e. The molecule has 0 aliphatic heterocycles. The van der Waals surface area contributed by atoms with Crippen LogP contribution in [-0.4, -0.2) is 11.1 Å². The second-order valence-corrected chi connectivity index (χ2v) is 4.34. The first kappa shape index (κ1) is 11.2. The Balaban J connectivity index is 2.41. The molecule has 1 aromatic heterocycles. The van der Waals surface area contributed by atoms with E-state index in [0.29, 0.717) is 0 Å². The number of hydrogen-bond donors (Lipinski definition) is 1. The van der Waals surface area contributed by atoms with Crippen LogP contribution >= 0.6 is 0 Å². The van der Waals surface area contributed by atoms with Crippen LogP contribution in [0.4, 0.5) is 0 Å². The third-order valence-electron chi connectivity index (χ3n) is 3.15. The lowest BCUT2D eigenvalue weighted by molar-refractivity contribution is 0.794. The Bertz CT molecular complexity index is 483. The van der Waals surface area contributed by atoms with Crippen molar-refractivity contribution in [2.75, 3.05) is 6.54 Å². The van der Waals surface area contributed by atoms with Crippen molar-refractivity contribution in [1.82, 2.24) is 4.57 Å². The lowest BCUT2D eigenvalue weighted by atomic mass is 10.1. The Labute approximate surface area is 97.1 Å². The zero-order valence-electron chi connectivity index (χ0n) is 10.2. The van der Waals surface area contributed by atoms with Crippen LogP contribution in [-0.2, 0) is 13.0 Å². The van der Waals surface area contributed by atoms with E-state index in [1.165, 1.54) is 22.0 Å². The van der Waals surface area contributed by atoms with E-state index in [1.807, 2.05) is 0 Å². The van der Waals surface area contributed by atoms with Gasteiger partial charge in [0.1, 0.15) is 0 Å². The number of nitrogens with zero attached hydrogens (tertiary/aromatic N) is 1. The van der Waals surface area contributed by atoms with E-state index in [2.05, 4.69) is 42.8 Å². The number of benzene rings is 1. The largest absolute Gasteiger partial charge is 0.347 e. The number of nitrogens with two attached hydrogens (primary N) is 1. The average Bonchev–Trinajstić information content (AvgIpc) is 2.63. The van der Waals surface area contributed by atoms with E-state index in [-0.39, 0.29) is 0 Å². The molecule has 0 saturated heterocycles. The molecule has 86 valence electrons. The molecule has 0 atom stereocenters. The maximum atomic E-state index is 5.54. The van der Waals surface area contributed by atoms with Gasteiger partial charge in [-0.15, -0.1) is 0 Å². The number of rotatable bonds is 4. The molecular formula is C14H20N2. The van der Waals surface area contributed by atoms with Crippen molar-refractivity contribution in [3.63, 3.8) is 0 Å². The lowest BCUT2D eigenvalue weighted by Crippen LogP contribution is -2.00. The quantitative estimate of drug-likeness (QED) is 0.837. The lowest BCUT2D eigenvalue weighted by Gasteiger charge is -2.03. The summed E-state index contributed by atoms with van der Waals surface area (Å²) < 4.78 is 2.30. The predicted molar refractivity (Wildman–Crippen MR) is 69.7 cm³/mol. The van der Waals surface area contributed by atoms with Crippen LogP contribution < -0.4 is 5.73 Å². The van der Waals surface area contributed by atoms with Crippen LogP contribution in [0.25, 0.3) is 10.9 Å². The highest BCUT2D eigenvalue weighted by molar-refractivity contribution is 5.84. The summed E-state index contributed by atoms with van der Waals surface area (Å²) in [6.07, 6.45) is 4.39. The maximum Gasteiger partial charge on any atom is 0.0483 e. The molecule has 0 bridgehead atoms. The Hall–Kier alpha value is -1.28. The van der Waals surface area contributed by atoms with Crippen LogP contribution in [0.15, 0.2) is 24.4 Å². The fraction of sp³-hybridized carbons (Fsp3) is 0.429. The molecule has 0 radical (unpaired) electrons. The zero-order valence-corrected chi connectivity index (χ0v) is 10.2. The number of aromatic nitrogens is 1. The van der Waals surface area contributed by atoms with Gasteiger partial charge in [0.2, 0.25) is 0 Å². The summed E-state index contributed by atoms with van der Waals surface area (Å²) in [5.41, 5.74) is 9.65. The summed E-state index contributed by atoms with van der Waals surface area (Å²) >= 11 is 0. The molecule has 0 amide bonds. The molecule has 0 spiro atoms. The Morgan fingerprint density at radius 3 is 2.81 bits per heavy atom. The summed E-state index contributed by atoms with van der Waals surface area (Å²) in [5.74, 6) is 0. The van der Waals surface area contributed by atoms with Crippen molar-refractivity contribution in [2.45, 2.75) is 33.2 Å². The van der Waals surface area contributed by atoms with Crippen molar-refractivity contribution < 1.29 is 0 Å². The number of fused-ring (bicyclic) bond motifs is 1. The van der Waals surface area contributed by atoms with Crippen LogP contribution in [0, 0.1) is 6.92 Å².